The fraction of sp³-hybridized carbons (Fsp3) is 0.647. The average Bonchev–Trinajstić information content (AvgIpc) is 2.45. The zero-order valence-electron chi connectivity index (χ0n) is 13.6. The summed E-state index contributed by atoms with van der Waals surface area (Å²) < 4.78 is 5.51. The zero-order chi connectivity index (χ0) is 15.5. The number of nitrogens with zero attached hydrogens (tertiary/aromatic N) is 1. The number of aryl methyl sites for hydroxylation is 1. The largest absolute Gasteiger partial charge is 0.394 e. The number of hydrogen-bond donors (Lipinski definition) is 2. The van der Waals surface area contributed by atoms with Crippen molar-refractivity contribution in [2.75, 3.05) is 31.2 Å². The van der Waals surface area contributed by atoms with Crippen molar-refractivity contribution in [3.63, 3.8) is 0 Å². The van der Waals surface area contributed by atoms with Gasteiger partial charge in [0.05, 0.1) is 19.3 Å². The molecule has 1 unspecified atom stereocenters. The van der Waals surface area contributed by atoms with Crippen LogP contribution in [0.4, 0.5) is 5.69 Å². The molecule has 1 aromatic carbocycles. The fourth-order valence-electron chi connectivity index (χ4n) is 2.50. The van der Waals surface area contributed by atoms with E-state index in [-0.39, 0.29) is 18.2 Å². The molecule has 0 aromatic heterocycles. The molecule has 118 valence electrons. The number of hydrogen-bond acceptors (Lipinski definition) is 4. The van der Waals surface area contributed by atoms with Crippen LogP contribution in [0, 0.1) is 6.92 Å². The van der Waals surface area contributed by atoms with E-state index in [2.05, 4.69) is 56.1 Å². The Morgan fingerprint density at radius 3 is 2.76 bits per heavy atom. The molecule has 4 heteroatoms. The zero-order valence-corrected chi connectivity index (χ0v) is 13.6. The lowest BCUT2D eigenvalue weighted by Crippen LogP contribution is -2.44. The Morgan fingerprint density at radius 2 is 2.14 bits per heavy atom. The summed E-state index contributed by atoms with van der Waals surface area (Å²) in [6.07, 6.45) is -0.0683. The molecule has 0 radical (unpaired) electrons. The SMILES string of the molecule is Cc1cc(N2CCOC(CO)C2)ccc1CNC(C)(C)C. The molecule has 1 heterocycles. The molecule has 1 aliphatic rings. The van der Waals surface area contributed by atoms with E-state index >= 15 is 0 Å². The summed E-state index contributed by atoms with van der Waals surface area (Å²) in [6.45, 7) is 12.0. The number of ether oxygens (including phenoxy) is 1. The maximum absolute atomic E-state index is 9.24. The van der Waals surface area contributed by atoms with Crippen molar-refractivity contribution in [3.8, 4) is 0 Å². The predicted octanol–water partition coefficient (Wildman–Crippen LogP) is 2.08. The van der Waals surface area contributed by atoms with Crippen molar-refractivity contribution in [1.82, 2.24) is 5.32 Å². The lowest BCUT2D eigenvalue weighted by Gasteiger charge is -2.34. The lowest BCUT2D eigenvalue weighted by molar-refractivity contribution is 0.00356. The quantitative estimate of drug-likeness (QED) is 0.892. The van der Waals surface area contributed by atoms with Crippen molar-refractivity contribution >= 4 is 5.69 Å². The first kappa shape index (κ1) is 16.3. The molecule has 0 spiro atoms. The van der Waals surface area contributed by atoms with Gasteiger partial charge in [-0.15, -0.1) is 0 Å². The second kappa shape index (κ2) is 6.77. The molecule has 0 amide bonds. The van der Waals surface area contributed by atoms with E-state index in [4.69, 9.17) is 4.74 Å². The molecule has 0 saturated carbocycles. The van der Waals surface area contributed by atoms with Crippen LogP contribution in [-0.2, 0) is 11.3 Å². The molecule has 1 saturated heterocycles. The highest BCUT2D eigenvalue weighted by Crippen LogP contribution is 2.22. The van der Waals surface area contributed by atoms with Gasteiger partial charge in [0.15, 0.2) is 0 Å². The fourth-order valence-corrected chi connectivity index (χ4v) is 2.50. The Hall–Kier alpha value is -1.10. The number of rotatable bonds is 4. The van der Waals surface area contributed by atoms with Gasteiger partial charge in [0.1, 0.15) is 0 Å². The Labute approximate surface area is 128 Å². The monoisotopic (exact) mass is 292 g/mol. The number of aliphatic hydroxyl groups is 1. The van der Waals surface area contributed by atoms with Crippen LogP contribution >= 0.6 is 0 Å². The van der Waals surface area contributed by atoms with Crippen LogP contribution in [0.25, 0.3) is 0 Å². The van der Waals surface area contributed by atoms with E-state index in [1.54, 1.807) is 0 Å². The Kier molecular flexibility index (Phi) is 5.25. The lowest BCUT2D eigenvalue weighted by atomic mass is 10.0. The molecule has 2 rings (SSSR count). The van der Waals surface area contributed by atoms with Crippen molar-refractivity contribution < 1.29 is 9.84 Å². The van der Waals surface area contributed by atoms with Gasteiger partial charge >= 0.3 is 0 Å². The van der Waals surface area contributed by atoms with Crippen LogP contribution in [0.1, 0.15) is 31.9 Å². The van der Waals surface area contributed by atoms with Gasteiger partial charge in [-0.1, -0.05) is 6.07 Å². The maximum Gasteiger partial charge on any atom is 0.0980 e. The van der Waals surface area contributed by atoms with Crippen LogP contribution in [0.15, 0.2) is 18.2 Å². The predicted molar refractivity (Wildman–Crippen MR) is 86.8 cm³/mol. The van der Waals surface area contributed by atoms with Crippen molar-refractivity contribution in [2.24, 2.45) is 0 Å². The van der Waals surface area contributed by atoms with Crippen LogP contribution in [0.2, 0.25) is 0 Å². The van der Waals surface area contributed by atoms with Crippen molar-refractivity contribution in [1.29, 1.82) is 0 Å². The smallest absolute Gasteiger partial charge is 0.0980 e. The molecule has 1 fully saturated rings. The summed E-state index contributed by atoms with van der Waals surface area (Å²) in [5.41, 5.74) is 3.98. The second-order valence-electron chi connectivity index (χ2n) is 6.84. The molecule has 1 aliphatic heterocycles. The highest BCUT2D eigenvalue weighted by atomic mass is 16.5. The molecule has 1 atom stereocenters. The second-order valence-corrected chi connectivity index (χ2v) is 6.84. The molecular weight excluding hydrogens is 264 g/mol. The third kappa shape index (κ3) is 4.70. The number of anilines is 1. The van der Waals surface area contributed by atoms with Gasteiger partial charge < -0.3 is 20.1 Å². The van der Waals surface area contributed by atoms with E-state index in [1.807, 2.05) is 0 Å². The van der Waals surface area contributed by atoms with E-state index in [9.17, 15) is 5.11 Å². The van der Waals surface area contributed by atoms with Crippen LogP contribution < -0.4 is 10.2 Å². The Bertz CT molecular complexity index is 468. The van der Waals surface area contributed by atoms with E-state index in [0.717, 1.165) is 19.6 Å². The van der Waals surface area contributed by atoms with Gasteiger partial charge in [0, 0.05) is 30.9 Å². The molecule has 1 aromatic rings. The topological polar surface area (TPSA) is 44.7 Å². The molecule has 4 nitrogen and oxygen atoms in total. The van der Waals surface area contributed by atoms with Crippen molar-refractivity contribution in [3.05, 3.63) is 29.3 Å². The Morgan fingerprint density at radius 1 is 1.38 bits per heavy atom. The third-order valence-corrected chi connectivity index (χ3v) is 3.84. The number of morpholine rings is 1. The highest BCUT2D eigenvalue weighted by Gasteiger charge is 2.20. The number of benzene rings is 1. The summed E-state index contributed by atoms with van der Waals surface area (Å²) >= 11 is 0. The van der Waals surface area contributed by atoms with E-state index in [0.29, 0.717) is 6.61 Å². The van der Waals surface area contributed by atoms with Gasteiger partial charge in [0.2, 0.25) is 0 Å². The van der Waals surface area contributed by atoms with Gasteiger partial charge in [-0.3, -0.25) is 0 Å². The number of nitrogens with one attached hydrogen (secondary N) is 1. The van der Waals surface area contributed by atoms with Gasteiger partial charge in [-0.2, -0.15) is 0 Å². The van der Waals surface area contributed by atoms with Crippen molar-refractivity contribution in [2.45, 2.75) is 45.9 Å². The number of aliphatic hydroxyl groups excluding tert-OH is 1. The van der Waals surface area contributed by atoms with Gasteiger partial charge in [-0.05, 0) is 51.0 Å². The van der Waals surface area contributed by atoms with Crippen LogP contribution in [-0.4, -0.2) is 43.1 Å². The summed E-state index contributed by atoms with van der Waals surface area (Å²) in [5.74, 6) is 0. The highest BCUT2D eigenvalue weighted by molar-refractivity contribution is 5.51. The first-order chi connectivity index (χ1) is 9.89. The summed E-state index contributed by atoms with van der Waals surface area (Å²) in [7, 11) is 0. The van der Waals surface area contributed by atoms with Crippen LogP contribution in [0.5, 0.6) is 0 Å². The molecule has 21 heavy (non-hydrogen) atoms. The normalized spacial score (nSPS) is 19.9. The average molecular weight is 292 g/mol. The molecule has 2 N–H and O–H groups in total. The first-order valence-electron chi connectivity index (χ1n) is 7.71. The molecule has 0 aliphatic carbocycles. The van der Waals surface area contributed by atoms with Gasteiger partial charge in [0.25, 0.3) is 0 Å². The maximum atomic E-state index is 9.24. The van der Waals surface area contributed by atoms with E-state index < -0.39 is 0 Å². The first-order valence-corrected chi connectivity index (χ1v) is 7.71. The minimum Gasteiger partial charge on any atom is -0.394 e. The Balaban J connectivity index is 2.04. The summed E-state index contributed by atoms with van der Waals surface area (Å²) in [5, 5.41) is 12.8. The molecular formula is C17H28N2O2. The standard InChI is InChI=1S/C17H28N2O2/c1-13-9-15(19-7-8-21-16(11-19)12-20)6-5-14(13)10-18-17(2,3)4/h5-6,9,16,18,20H,7-8,10-12H2,1-4H3. The summed E-state index contributed by atoms with van der Waals surface area (Å²) in [4.78, 5) is 2.29. The third-order valence-electron chi connectivity index (χ3n) is 3.84. The minimum absolute atomic E-state index is 0.0683. The summed E-state index contributed by atoms with van der Waals surface area (Å²) in [6, 6.07) is 6.61. The molecule has 0 bridgehead atoms. The van der Waals surface area contributed by atoms with Crippen LogP contribution in [0.3, 0.4) is 0 Å². The van der Waals surface area contributed by atoms with Gasteiger partial charge in [-0.25, -0.2) is 0 Å². The van der Waals surface area contributed by atoms with E-state index in [1.165, 1.54) is 16.8 Å². The minimum atomic E-state index is -0.0683.